The highest BCUT2D eigenvalue weighted by Gasteiger charge is 2.10. The van der Waals surface area contributed by atoms with Crippen LogP contribution in [0.1, 0.15) is 64.9 Å². The minimum atomic E-state index is -0.268. The summed E-state index contributed by atoms with van der Waals surface area (Å²) in [7, 11) is 0. The largest absolute Gasteiger partial charge is 0.494 e. The van der Waals surface area contributed by atoms with Gasteiger partial charge in [-0.05, 0) is 69.7 Å². The monoisotopic (exact) mass is 452 g/mol. The number of unbranched alkanes of at least 4 members (excludes halogenated alkanes) is 2. The van der Waals surface area contributed by atoms with Crippen molar-refractivity contribution >= 4 is 17.9 Å². The molecule has 0 heterocycles. The van der Waals surface area contributed by atoms with Crippen LogP contribution in [-0.2, 0) is 35.0 Å². The van der Waals surface area contributed by atoms with Crippen LogP contribution in [0.15, 0.2) is 18.2 Å². The van der Waals surface area contributed by atoms with E-state index >= 15 is 0 Å². The van der Waals surface area contributed by atoms with Gasteiger partial charge in [0.15, 0.2) is 0 Å². The smallest absolute Gasteiger partial charge is 0.306 e. The van der Waals surface area contributed by atoms with Crippen LogP contribution in [0.25, 0.3) is 0 Å². The summed E-state index contributed by atoms with van der Waals surface area (Å²) in [6.45, 7) is 7.00. The first-order chi connectivity index (χ1) is 15.5. The number of rotatable bonds is 17. The predicted octanol–water partition coefficient (Wildman–Crippen LogP) is 4.02. The summed E-state index contributed by atoms with van der Waals surface area (Å²) in [4.78, 5) is 33.9. The van der Waals surface area contributed by atoms with Gasteiger partial charge in [0.25, 0.3) is 0 Å². The Bertz CT molecular complexity index is 701. The predicted molar refractivity (Wildman–Crippen MR) is 119 cm³/mol. The molecule has 1 aromatic carbocycles. The van der Waals surface area contributed by atoms with E-state index in [-0.39, 0.29) is 24.3 Å². The molecule has 0 aliphatic rings. The number of carbonyl (C=O) groups excluding carboxylic acids is 3. The summed E-state index contributed by atoms with van der Waals surface area (Å²) in [6.07, 6.45) is 4.08. The molecule has 8 nitrogen and oxygen atoms in total. The molecule has 32 heavy (non-hydrogen) atoms. The van der Waals surface area contributed by atoms with Gasteiger partial charge in [-0.1, -0.05) is 0 Å². The third-order valence-electron chi connectivity index (χ3n) is 4.39. The van der Waals surface area contributed by atoms with Crippen molar-refractivity contribution in [3.8, 4) is 11.5 Å². The molecule has 0 fully saturated rings. The molecule has 0 bridgehead atoms. The quantitative estimate of drug-likeness (QED) is 0.199. The molecule has 1 rings (SSSR count). The summed E-state index contributed by atoms with van der Waals surface area (Å²) in [6, 6.07) is 5.51. The Kier molecular flexibility index (Phi) is 14.4. The van der Waals surface area contributed by atoms with Crippen molar-refractivity contribution in [3.63, 3.8) is 0 Å². The molecule has 0 atom stereocenters. The van der Waals surface area contributed by atoms with Gasteiger partial charge in [-0.25, -0.2) is 0 Å². The summed E-state index contributed by atoms with van der Waals surface area (Å²) < 4.78 is 26.5. The maximum absolute atomic E-state index is 11.8. The molecule has 0 radical (unpaired) electrons. The molecule has 1 aromatic rings. The summed E-state index contributed by atoms with van der Waals surface area (Å²) in [5.74, 6) is 0.595. The standard InChI is InChI=1S/C24H36O8/c1-4-28-23(26)10-9-17-31-21-12-13-22(20(18-21)11-14-24(27)29-5-2)32-16-8-6-7-15-30-19(3)25/h12-13,18H,4-11,14-17H2,1-3H3. The lowest BCUT2D eigenvalue weighted by Crippen LogP contribution is -2.08. The average molecular weight is 453 g/mol. The normalized spacial score (nSPS) is 10.3. The van der Waals surface area contributed by atoms with E-state index in [1.165, 1.54) is 6.92 Å². The van der Waals surface area contributed by atoms with Crippen molar-refractivity contribution in [2.75, 3.05) is 33.0 Å². The Labute approximate surface area is 190 Å². The fourth-order valence-electron chi connectivity index (χ4n) is 2.87. The van der Waals surface area contributed by atoms with Crippen LogP contribution in [0.4, 0.5) is 0 Å². The maximum Gasteiger partial charge on any atom is 0.306 e. The van der Waals surface area contributed by atoms with E-state index in [1.807, 2.05) is 18.2 Å². The Hall–Kier alpha value is -2.77. The molecule has 0 aromatic heterocycles. The highest BCUT2D eigenvalue weighted by molar-refractivity contribution is 5.70. The van der Waals surface area contributed by atoms with Gasteiger partial charge in [-0.2, -0.15) is 0 Å². The SMILES string of the molecule is CCOC(=O)CCCOc1ccc(OCCCCCOC(C)=O)c(CCC(=O)OCC)c1. The van der Waals surface area contributed by atoms with Gasteiger partial charge >= 0.3 is 17.9 Å². The molecule has 0 unspecified atom stereocenters. The van der Waals surface area contributed by atoms with Gasteiger partial charge in [-0.15, -0.1) is 0 Å². The van der Waals surface area contributed by atoms with Crippen molar-refractivity contribution in [2.24, 2.45) is 0 Å². The second-order valence-electron chi connectivity index (χ2n) is 7.08. The van der Waals surface area contributed by atoms with Crippen LogP contribution < -0.4 is 9.47 Å². The number of hydrogen-bond acceptors (Lipinski definition) is 8. The molecule has 8 heteroatoms. The molecular formula is C24H36O8. The lowest BCUT2D eigenvalue weighted by molar-refractivity contribution is -0.144. The van der Waals surface area contributed by atoms with E-state index in [2.05, 4.69) is 0 Å². The maximum atomic E-state index is 11.8. The molecule has 0 N–H and O–H groups in total. The zero-order valence-corrected chi connectivity index (χ0v) is 19.5. The molecule has 0 amide bonds. The first kappa shape index (κ1) is 27.3. The number of ether oxygens (including phenoxy) is 5. The van der Waals surface area contributed by atoms with Crippen LogP contribution in [-0.4, -0.2) is 50.9 Å². The molecule has 0 saturated heterocycles. The highest BCUT2D eigenvalue weighted by Crippen LogP contribution is 2.26. The molecule has 0 spiro atoms. The number of aryl methyl sites for hydroxylation is 1. The summed E-state index contributed by atoms with van der Waals surface area (Å²) in [5.41, 5.74) is 0.862. The molecule has 0 saturated carbocycles. The molecular weight excluding hydrogens is 416 g/mol. The second-order valence-corrected chi connectivity index (χ2v) is 7.08. The molecule has 180 valence electrons. The van der Waals surface area contributed by atoms with E-state index < -0.39 is 0 Å². The summed E-state index contributed by atoms with van der Waals surface area (Å²) >= 11 is 0. The third kappa shape index (κ3) is 12.8. The number of carbonyl (C=O) groups is 3. The Morgan fingerprint density at radius 2 is 1.41 bits per heavy atom. The highest BCUT2D eigenvalue weighted by atomic mass is 16.5. The Balaban J connectivity index is 2.57. The lowest BCUT2D eigenvalue weighted by Gasteiger charge is -2.14. The zero-order valence-electron chi connectivity index (χ0n) is 19.5. The molecule has 0 aliphatic heterocycles. The van der Waals surface area contributed by atoms with Crippen molar-refractivity contribution in [2.45, 2.75) is 65.7 Å². The lowest BCUT2D eigenvalue weighted by atomic mass is 10.1. The van der Waals surface area contributed by atoms with Crippen molar-refractivity contribution in [3.05, 3.63) is 23.8 Å². The van der Waals surface area contributed by atoms with Crippen LogP contribution in [0, 0.1) is 0 Å². The van der Waals surface area contributed by atoms with E-state index in [0.717, 1.165) is 24.8 Å². The van der Waals surface area contributed by atoms with E-state index in [1.54, 1.807) is 13.8 Å². The van der Waals surface area contributed by atoms with Crippen LogP contribution in [0.3, 0.4) is 0 Å². The topological polar surface area (TPSA) is 97.4 Å². The first-order valence-electron chi connectivity index (χ1n) is 11.3. The minimum Gasteiger partial charge on any atom is -0.494 e. The second kappa shape index (κ2) is 16.9. The Morgan fingerprint density at radius 3 is 2.09 bits per heavy atom. The number of esters is 3. The fourth-order valence-corrected chi connectivity index (χ4v) is 2.87. The minimum absolute atomic E-state index is 0.233. The van der Waals surface area contributed by atoms with Crippen molar-refractivity contribution in [1.82, 2.24) is 0 Å². The van der Waals surface area contributed by atoms with Crippen molar-refractivity contribution < 1.29 is 38.1 Å². The van der Waals surface area contributed by atoms with Gasteiger partial charge in [-0.3, -0.25) is 14.4 Å². The van der Waals surface area contributed by atoms with Gasteiger partial charge in [0.1, 0.15) is 11.5 Å². The van der Waals surface area contributed by atoms with E-state index in [4.69, 9.17) is 23.7 Å². The number of benzene rings is 1. The average Bonchev–Trinajstić information content (AvgIpc) is 2.75. The summed E-state index contributed by atoms with van der Waals surface area (Å²) in [5, 5.41) is 0. The van der Waals surface area contributed by atoms with Gasteiger partial charge in [0.2, 0.25) is 0 Å². The van der Waals surface area contributed by atoms with Gasteiger partial charge in [0, 0.05) is 19.8 Å². The van der Waals surface area contributed by atoms with E-state index in [9.17, 15) is 14.4 Å². The van der Waals surface area contributed by atoms with Crippen molar-refractivity contribution in [1.29, 1.82) is 0 Å². The van der Waals surface area contributed by atoms with Crippen LogP contribution >= 0.6 is 0 Å². The van der Waals surface area contributed by atoms with Crippen LogP contribution in [0.5, 0.6) is 11.5 Å². The number of hydrogen-bond donors (Lipinski definition) is 0. The zero-order chi connectivity index (χ0) is 23.6. The van der Waals surface area contributed by atoms with E-state index in [0.29, 0.717) is 63.8 Å². The van der Waals surface area contributed by atoms with Crippen LogP contribution in [0.2, 0.25) is 0 Å². The first-order valence-corrected chi connectivity index (χ1v) is 11.3. The van der Waals surface area contributed by atoms with Gasteiger partial charge in [0.05, 0.1) is 33.0 Å². The Morgan fingerprint density at radius 1 is 0.750 bits per heavy atom. The third-order valence-corrected chi connectivity index (χ3v) is 4.39. The molecule has 0 aliphatic carbocycles. The van der Waals surface area contributed by atoms with Gasteiger partial charge < -0.3 is 23.7 Å². The fraction of sp³-hybridized carbons (Fsp3) is 0.625.